The molecule has 9 nitrogen and oxygen atoms in total. The van der Waals surface area contributed by atoms with Crippen molar-refractivity contribution in [1.29, 1.82) is 0 Å². The third-order valence-electron chi connectivity index (χ3n) is 4.68. The summed E-state index contributed by atoms with van der Waals surface area (Å²) in [6.07, 6.45) is 4.79. The second kappa shape index (κ2) is 8.33. The van der Waals surface area contributed by atoms with E-state index in [-0.39, 0.29) is 24.9 Å². The molecular formula is C22H19N3O6. The summed E-state index contributed by atoms with van der Waals surface area (Å²) in [5.41, 5.74) is 2.10. The Labute approximate surface area is 176 Å². The Morgan fingerprint density at radius 3 is 2.94 bits per heavy atom. The van der Waals surface area contributed by atoms with Crippen LogP contribution in [0.15, 0.2) is 59.9 Å². The van der Waals surface area contributed by atoms with E-state index in [0.29, 0.717) is 22.6 Å². The fraction of sp³-hybridized carbons (Fsp3) is 0.136. The molecule has 1 aromatic carbocycles. The monoisotopic (exact) mass is 421 g/mol. The van der Waals surface area contributed by atoms with Gasteiger partial charge in [0.1, 0.15) is 18.0 Å². The van der Waals surface area contributed by atoms with Gasteiger partial charge in [0.05, 0.1) is 6.61 Å². The number of allylic oxidation sites excluding steroid dienone is 1. The Morgan fingerprint density at radius 1 is 1.35 bits per heavy atom. The van der Waals surface area contributed by atoms with E-state index in [4.69, 9.17) is 14.6 Å². The molecule has 2 aromatic heterocycles. The lowest BCUT2D eigenvalue weighted by Crippen LogP contribution is -2.12. The number of pyridine rings is 1. The minimum absolute atomic E-state index is 0.106. The number of aromatic nitrogens is 2. The summed E-state index contributed by atoms with van der Waals surface area (Å²) in [6.45, 7) is 1.85. The zero-order valence-electron chi connectivity index (χ0n) is 16.5. The maximum absolute atomic E-state index is 12.7. The van der Waals surface area contributed by atoms with Gasteiger partial charge in [0, 0.05) is 29.0 Å². The van der Waals surface area contributed by atoms with Gasteiger partial charge in [-0.2, -0.15) is 0 Å². The summed E-state index contributed by atoms with van der Waals surface area (Å²) in [6, 6.07) is 8.67. The Balaban J connectivity index is 1.63. The third kappa shape index (κ3) is 3.99. The van der Waals surface area contributed by atoms with Crippen molar-refractivity contribution in [3.63, 3.8) is 0 Å². The SMILES string of the molecule is Cc1cc(OCCO)ccc1NC1=C(C(=O)O)C(=O)/C(=C/c2c[nH]c3ncccc23)O1. The van der Waals surface area contributed by atoms with E-state index in [1.807, 2.05) is 6.07 Å². The number of aromatic amines is 1. The first kappa shape index (κ1) is 20.2. The molecule has 3 aromatic rings. The van der Waals surface area contributed by atoms with Crippen LogP contribution in [0.1, 0.15) is 11.1 Å². The van der Waals surface area contributed by atoms with Gasteiger partial charge in [0.2, 0.25) is 11.7 Å². The number of carboxylic acids is 1. The molecular weight excluding hydrogens is 402 g/mol. The van der Waals surface area contributed by atoms with Crippen molar-refractivity contribution in [1.82, 2.24) is 9.97 Å². The molecule has 0 amide bonds. The van der Waals surface area contributed by atoms with Crippen LogP contribution in [-0.4, -0.2) is 45.1 Å². The van der Waals surface area contributed by atoms with Crippen molar-refractivity contribution in [2.24, 2.45) is 0 Å². The molecule has 0 fully saturated rings. The van der Waals surface area contributed by atoms with Crippen LogP contribution < -0.4 is 10.1 Å². The number of nitrogens with zero attached hydrogens (tertiary/aromatic N) is 1. The number of rotatable bonds is 7. The van der Waals surface area contributed by atoms with E-state index in [2.05, 4.69) is 15.3 Å². The number of anilines is 1. The number of aliphatic hydroxyl groups is 1. The summed E-state index contributed by atoms with van der Waals surface area (Å²) in [5.74, 6) is -1.83. The summed E-state index contributed by atoms with van der Waals surface area (Å²) >= 11 is 0. The molecule has 0 unspecified atom stereocenters. The molecule has 0 atom stereocenters. The molecule has 0 spiro atoms. The van der Waals surface area contributed by atoms with Crippen LogP contribution in [0.4, 0.5) is 5.69 Å². The van der Waals surface area contributed by atoms with Crippen molar-refractivity contribution < 1.29 is 29.3 Å². The van der Waals surface area contributed by atoms with E-state index in [1.54, 1.807) is 43.6 Å². The van der Waals surface area contributed by atoms with E-state index in [1.165, 1.54) is 6.08 Å². The molecule has 1 aliphatic rings. The number of carboxylic acid groups (broad SMARTS) is 1. The van der Waals surface area contributed by atoms with Gasteiger partial charge >= 0.3 is 5.97 Å². The Hall–Kier alpha value is -4.11. The standard InChI is InChI=1S/C22H19N3O6/c1-12-9-14(30-8-7-26)4-5-16(12)25-21-18(22(28)29)19(27)17(31-21)10-13-11-24-20-15(13)3-2-6-23-20/h2-6,9-11,25-26H,7-8H2,1H3,(H,23,24)(H,28,29)/b17-10-. The quantitative estimate of drug-likeness (QED) is 0.338. The first-order chi connectivity index (χ1) is 15.0. The molecule has 0 aliphatic carbocycles. The lowest BCUT2D eigenvalue weighted by molar-refractivity contribution is -0.134. The van der Waals surface area contributed by atoms with E-state index in [0.717, 1.165) is 10.9 Å². The smallest absolute Gasteiger partial charge is 0.345 e. The normalized spacial score (nSPS) is 14.9. The molecule has 0 saturated heterocycles. The van der Waals surface area contributed by atoms with Gasteiger partial charge in [-0.1, -0.05) is 0 Å². The Kier molecular flexibility index (Phi) is 5.42. The van der Waals surface area contributed by atoms with Gasteiger partial charge in [-0.3, -0.25) is 4.79 Å². The number of aliphatic hydroxyl groups excluding tert-OH is 1. The summed E-state index contributed by atoms with van der Waals surface area (Å²) in [4.78, 5) is 31.7. The topological polar surface area (TPSA) is 134 Å². The number of carbonyl (C=O) groups excluding carboxylic acids is 1. The average molecular weight is 421 g/mol. The molecule has 0 saturated carbocycles. The van der Waals surface area contributed by atoms with Gasteiger partial charge in [-0.15, -0.1) is 0 Å². The average Bonchev–Trinajstić information content (AvgIpc) is 3.29. The van der Waals surface area contributed by atoms with Crippen molar-refractivity contribution in [2.45, 2.75) is 6.92 Å². The second-order valence-electron chi connectivity index (χ2n) is 6.77. The number of ketones is 1. The van der Waals surface area contributed by atoms with Crippen molar-refractivity contribution in [3.8, 4) is 5.75 Å². The Morgan fingerprint density at radius 2 is 2.19 bits per heavy atom. The number of hydrogen-bond acceptors (Lipinski definition) is 7. The van der Waals surface area contributed by atoms with Crippen molar-refractivity contribution in [2.75, 3.05) is 18.5 Å². The fourth-order valence-electron chi connectivity index (χ4n) is 3.20. The van der Waals surface area contributed by atoms with Crippen LogP contribution in [-0.2, 0) is 14.3 Å². The third-order valence-corrected chi connectivity index (χ3v) is 4.68. The lowest BCUT2D eigenvalue weighted by atomic mass is 10.1. The Bertz CT molecular complexity index is 1240. The number of ether oxygens (including phenoxy) is 2. The number of benzene rings is 1. The molecule has 31 heavy (non-hydrogen) atoms. The number of hydrogen-bond donors (Lipinski definition) is 4. The first-order valence-electron chi connectivity index (χ1n) is 9.43. The molecule has 158 valence electrons. The lowest BCUT2D eigenvalue weighted by Gasteiger charge is -2.12. The number of Topliss-reactive ketones (excluding diaryl/α,β-unsaturated/α-hetero) is 1. The van der Waals surface area contributed by atoms with E-state index >= 15 is 0 Å². The number of aliphatic carboxylic acids is 1. The highest BCUT2D eigenvalue weighted by Gasteiger charge is 2.36. The second-order valence-corrected chi connectivity index (χ2v) is 6.77. The number of aryl methyl sites for hydroxylation is 1. The van der Waals surface area contributed by atoms with Crippen LogP contribution in [0.3, 0.4) is 0 Å². The zero-order valence-corrected chi connectivity index (χ0v) is 16.5. The maximum atomic E-state index is 12.7. The van der Waals surface area contributed by atoms with E-state index < -0.39 is 17.3 Å². The maximum Gasteiger partial charge on any atom is 0.345 e. The number of fused-ring (bicyclic) bond motifs is 1. The number of carbonyl (C=O) groups is 2. The molecule has 4 N–H and O–H groups in total. The van der Waals surface area contributed by atoms with Gasteiger partial charge in [0.15, 0.2) is 11.3 Å². The van der Waals surface area contributed by atoms with Crippen LogP contribution in [0.2, 0.25) is 0 Å². The zero-order chi connectivity index (χ0) is 22.0. The molecule has 1 aliphatic heterocycles. The summed E-state index contributed by atoms with van der Waals surface area (Å²) in [7, 11) is 0. The van der Waals surface area contributed by atoms with Crippen LogP contribution in [0, 0.1) is 6.92 Å². The van der Waals surface area contributed by atoms with Crippen molar-refractivity contribution in [3.05, 3.63) is 71.1 Å². The number of H-pyrrole nitrogens is 1. The van der Waals surface area contributed by atoms with Crippen LogP contribution >= 0.6 is 0 Å². The molecule has 3 heterocycles. The highest BCUT2D eigenvalue weighted by Crippen LogP contribution is 2.31. The summed E-state index contributed by atoms with van der Waals surface area (Å²) in [5, 5.41) is 22.1. The molecule has 0 radical (unpaired) electrons. The molecule has 0 bridgehead atoms. The highest BCUT2D eigenvalue weighted by atomic mass is 16.5. The highest BCUT2D eigenvalue weighted by molar-refractivity contribution is 6.26. The van der Waals surface area contributed by atoms with Crippen LogP contribution in [0.25, 0.3) is 17.1 Å². The predicted octanol–water partition coefficient (Wildman–Crippen LogP) is 2.59. The van der Waals surface area contributed by atoms with Gasteiger partial charge in [-0.05, 0) is 48.9 Å². The molecule has 9 heteroatoms. The van der Waals surface area contributed by atoms with Gasteiger partial charge in [-0.25, -0.2) is 9.78 Å². The van der Waals surface area contributed by atoms with Crippen LogP contribution in [0.5, 0.6) is 5.75 Å². The van der Waals surface area contributed by atoms with Crippen molar-refractivity contribution >= 4 is 34.5 Å². The minimum Gasteiger partial charge on any atom is -0.491 e. The van der Waals surface area contributed by atoms with Gasteiger partial charge in [0.25, 0.3) is 0 Å². The predicted molar refractivity (Wildman–Crippen MR) is 112 cm³/mol. The van der Waals surface area contributed by atoms with E-state index in [9.17, 15) is 14.7 Å². The summed E-state index contributed by atoms with van der Waals surface area (Å²) < 4.78 is 11.0. The minimum atomic E-state index is -1.39. The largest absolute Gasteiger partial charge is 0.491 e. The van der Waals surface area contributed by atoms with Gasteiger partial charge < -0.3 is 30.0 Å². The fourth-order valence-corrected chi connectivity index (χ4v) is 3.20. The molecule has 4 rings (SSSR count). The first-order valence-corrected chi connectivity index (χ1v) is 9.43. The number of nitrogens with one attached hydrogen (secondary N) is 2.